The molecule has 3 N–H and O–H groups in total. The minimum atomic E-state index is -0.181. The fraction of sp³-hybridized carbons (Fsp3) is 0.222. The third kappa shape index (κ3) is 1.61. The van der Waals surface area contributed by atoms with E-state index in [-0.39, 0.29) is 17.8 Å². The van der Waals surface area contributed by atoms with Crippen molar-refractivity contribution in [1.29, 1.82) is 0 Å². The summed E-state index contributed by atoms with van der Waals surface area (Å²) in [6.45, 7) is 0.542. The van der Waals surface area contributed by atoms with E-state index < -0.39 is 0 Å². The number of phenols is 1. The molecule has 14 heavy (non-hydrogen) atoms. The molecule has 1 aliphatic rings. The normalized spacial score (nSPS) is 20.4. The Labute approximate surface area is 85.9 Å². The maximum atomic E-state index is 10.9. The van der Waals surface area contributed by atoms with E-state index in [1.54, 1.807) is 12.1 Å². The van der Waals surface area contributed by atoms with Crippen LogP contribution < -0.4 is 10.6 Å². The van der Waals surface area contributed by atoms with Crippen LogP contribution in [-0.2, 0) is 0 Å². The number of benzene rings is 1. The molecule has 1 heterocycles. The summed E-state index contributed by atoms with van der Waals surface area (Å²) < 4.78 is 0. The van der Waals surface area contributed by atoms with Crippen LogP contribution in [0.4, 0.5) is 4.79 Å². The predicted octanol–water partition coefficient (Wildman–Crippen LogP) is 1.40. The minimum absolute atomic E-state index is 0.0488. The van der Waals surface area contributed by atoms with Crippen molar-refractivity contribution < 1.29 is 9.90 Å². The fourth-order valence-corrected chi connectivity index (χ4v) is 1.59. The summed E-state index contributed by atoms with van der Waals surface area (Å²) in [5.74, 6) is 0.0488. The maximum absolute atomic E-state index is 10.9. The molecular weight excluding hydrogens is 204 g/mol. The molecule has 0 unspecified atom stereocenters. The van der Waals surface area contributed by atoms with Crippen molar-refractivity contribution in [3.8, 4) is 5.75 Å². The zero-order valence-electron chi connectivity index (χ0n) is 7.25. The van der Waals surface area contributed by atoms with Gasteiger partial charge in [0.25, 0.3) is 0 Å². The SMILES string of the molecule is O=C1NC[C@@H](c2ccc(O)c(Cl)c2)N1. The molecule has 4 nitrogen and oxygen atoms in total. The van der Waals surface area contributed by atoms with E-state index in [9.17, 15) is 9.90 Å². The van der Waals surface area contributed by atoms with Gasteiger partial charge in [-0.05, 0) is 17.7 Å². The highest BCUT2D eigenvalue weighted by atomic mass is 35.5. The number of hydrogen-bond donors (Lipinski definition) is 3. The third-order valence-corrected chi connectivity index (χ3v) is 2.45. The van der Waals surface area contributed by atoms with Gasteiger partial charge in [-0.1, -0.05) is 17.7 Å². The monoisotopic (exact) mass is 212 g/mol. The van der Waals surface area contributed by atoms with Gasteiger partial charge in [0.15, 0.2) is 0 Å². The van der Waals surface area contributed by atoms with Crippen molar-refractivity contribution in [1.82, 2.24) is 10.6 Å². The molecule has 0 bridgehead atoms. The number of rotatable bonds is 1. The molecule has 2 rings (SSSR count). The second-order valence-electron chi connectivity index (χ2n) is 3.12. The number of nitrogens with one attached hydrogen (secondary N) is 2. The quantitative estimate of drug-likeness (QED) is 0.659. The van der Waals surface area contributed by atoms with Crippen LogP contribution in [0.1, 0.15) is 11.6 Å². The number of amides is 2. The lowest BCUT2D eigenvalue weighted by molar-refractivity contribution is 0.247. The Bertz CT molecular complexity index is 381. The van der Waals surface area contributed by atoms with Gasteiger partial charge in [0, 0.05) is 6.54 Å². The third-order valence-electron chi connectivity index (χ3n) is 2.15. The van der Waals surface area contributed by atoms with Gasteiger partial charge in [0.05, 0.1) is 11.1 Å². The van der Waals surface area contributed by atoms with Crippen LogP contribution in [0.15, 0.2) is 18.2 Å². The van der Waals surface area contributed by atoms with Crippen LogP contribution in [-0.4, -0.2) is 17.7 Å². The number of phenolic OH excluding ortho intramolecular Hbond substituents is 1. The molecular formula is C9H9ClN2O2. The largest absolute Gasteiger partial charge is 0.506 e. The van der Waals surface area contributed by atoms with E-state index in [1.165, 1.54) is 6.07 Å². The Balaban J connectivity index is 2.24. The summed E-state index contributed by atoms with van der Waals surface area (Å²) in [6.07, 6.45) is 0. The number of carbonyl (C=O) groups is 1. The van der Waals surface area contributed by atoms with E-state index >= 15 is 0 Å². The van der Waals surface area contributed by atoms with E-state index in [1.807, 2.05) is 0 Å². The van der Waals surface area contributed by atoms with Gasteiger partial charge in [-0.15, -0.1) is 0 Å². The standard InChI is InChI=1S/C9H9ClN2O2/c10-6-3-5(1-2-8(6)13)7-4-11-9(14)12-7/h1-3,7,13H,4H2,(H2,11,12,14)/t7-/m0/s1. The van der Waals surface area contributed by atoms with Crippen molar-refractivity contribution in [2.24, 2.45) is 0 Å². The molecule has 0 aliphatic carbocycles. The zero-order valence-corrected chi connectivity index (χ0v) is 8.01. The second-order valence-corrected chi connectivity index (χ2v) is 3.52. The van der Waals surface area contributed by atoms with Crippen LogP contribution in [0.5, 0.6) is 5.75 Å². The molecule has 74 valence electrons. The molecule has 1 fully saturated rings. The molecule has 1 aromatic rings. The smallest absolute Gasteiger partial charge is 0.315 e. The fourth-order valence-electron chi connectivity index (χ4n) is 1.40. The Kier molecular flexibility index (Phi) is 2.21. The summed E-state index contributed by atoms with van der Waals surface area (Å²) >= 11 is 5.75. The highest BCUT2D eigenvalue weighted by Crippen LogP contribution is 2.27. The van der Waals surface area contributed by atoms with Crippen molar-refractivity contribution in [3.05, 3.63) is 28.8 Å². The van der Waals surface area contributed by atoms with E-state index in [4.69, 9.17) is 11.6 Å². The predicted molar refractivity (Wildman–Crippen MR) is 52.4 cm³/mol. The first-order valence-corrected chi connectivity index (χ1v) is 4.57. The van der Waals surface area contributed by atoms with Crippen LogP contribution in [0.25, 0.3) is 0 Å². The molecule has 0 aromatic heterocycles. The Hall–Kier alpha value is -1.42. The summed E-state index contributed by atoms with van der Waals surface area (Å²) in [5, 5.41) is 14.9. The second kappa shape index (κ2) is 3.38. The molecule has 0 spiro atoms. The van der Waals surface area contributed by atoms with Crippen molar-refractivity contribution in [3.63, 3.8) is 0 Å². The first-order chi connectivity index (χ1) is 6.66. The van der Waals surface area contributed by atoms with Crippen LogP contribution >= 0.6 is 11.6 Å². The summed E-state index contributed by atoms with van der Waals surface area (Å²) in [6, 6.07) is 4.65. The molecule has 5 heteroatoms. The van der Waals surface area contributed by atoms with Crippen LogP contribution in [0.2, 0.25) is 5.02 Å². The molecule has 0 radical (unpaired) electrons. The van der Waals surface area contributed by atoms with Crippen LogP contribution in [0, 0.1) is 0 Å². The van der Waals surface area contributed by atoms with Crippen LogP contribution in [0.3, 0.4) is 0 Å². The maximum Gasteiger partial charge on any atom is 0.315 e. The first-order valence-electron chi connectivity index (χ1n) is 4.19. The molecule has 2 amide bonds. The van der Waals surface area contributed by atoms with Gasteiger partial charge in [0.2, 0.25) is 0 Å². The number of urea groups is 1. The molecule has 1 atom stereocenters. The highest BCUT2D eigenvalue weighted by molar-refractivity contribution is 6.32. The zero-order chi connectivity index (χ0) is 10.1. The Morgan fingerprint density at radius 3 is 2.86 bits per heavy atom. The van der Waals surface area contributed by atoms with E-state index in [0.717, 1.165) is 5.56 Å². The molecule has 1 saturated heterocycles. The van der Waals surface area contributed by atoms with Crippen molar-refractivity contribution >= 4 is 17.6 Å². The van der Waals surface area contributed by atoms with E-state index in [0.29, 0.717) is 11.6 Å². The molecule has 1 aliphatic heterocycles. The molecule has 0 saturated carbocycles. The van der Waals surface area contributed by atoms with Crippen molar-refractivity contribution in [2.45, 2.75) is 6.04 Å². The summed E-state index contributed by atoms with van der Waals surface area (Å²) in [5.41, 5.74) is 0.881. The Morgan fingerprint density at radius 1 is 1.50 bits per heavy atom. The average molecular weight is 213 g/mol. The lowest BCUT2D eigenvalue weighted by Gasteiger charge is -2.09. The van der Waals surface area contributed by atoms with Gasteiger partial charge >= 0.3 is 6.03 Å². The first kappa shape index (κ1) is 9.15. The minimum Gasteiger partial charge on any atom is -0.506 e. The topological polar surface area (TPSA) is 61.4 Å². The number of aromatic hydroxyl groups is 1. The van der Waals surface area contributed by atoms with Gasteiger partial charge < -0.3 is 15.7 Å². The van der Waals surface area contributed by atoms with Gasteiger partial charge in [-0.25, -0.2) is 4.79 Å². The lowest BCUT2D eigenvalue weighted by Crippen LogP contribution is -2.21. The number of carbonyl (C=O) groups excluding carboxylic acids is 1. The lowest BCUT2D eigenvalue weighted by atomic mass is 10.1. The highest BCUT2D eigenvalue weighted by Gasteiger charge is 2.21. The van der Waals surface area contributed by atoms with Gasteiger partial charge in [0.1, 0.15) is 5.75 Å². The molecule has 1 aromatic carbocycles. The Morgan fingerprint density at radius 2 is 2.29 bits per heavy atom. The average Bonchev–Trinajstić information content (AvgIpc) is 2.57. The van der Waals surface area contributed by atoms with Crippen molar-refractivity contribution in [2.75, 3.05) is 6.54 Å². The van der Waals surface area contributed by atoms with E-state index in [2.05, 4.69) is 10.6 Å². The number of halogens is 1. The number of hydrogen-bond acceptors (Lipinski definition) is 2. The summed E-state index contributed by atoms with van der Waals surface area (Å²) in [4.78, 5) is 10.9. The van der Waals surface area contributed by atoms with Gasteiger partial charge in [-0.2, -0.15) is 0 Å². The summed E-state index contributed by atoms with van der Waals surface area (Å²) in [7, 11) is 0. The van der Waals surface area contributed by atoms with Gasteiger partial charge in [-0.3, -0.25) is 0 Å².